The Balaban J connectivity index is 1.92. The van der Waals surface area contributed by atoms with Crippen LogP contribution in [0.3, 0.4) is 0 Å². The van der Waals surface area contributed by atoms with E-state index in [1.54, 1.807) is 63.1 Å². The Morgan fingerprint density at radius 3 is 2.39 bits per heavy atom. The third kappa shape index (κ3) is 5.37. The lowest BCUT2D eigenvalue weighted by Gasteiger charge is -2.29. The standard InChI is InChI=1S/C26H29N3O4/c1-5-33-26(32)23-17(2)22(18(3)28-23)24(30)19(4)29(16-14-21-13-9-10-15-27-21)25(31)20-11-7-6-8-12-20/h6-13,15,19,28H,5,14,16H2,1-4H3. The number of aromatic nitrogens is 2. The highest BCUT2D eigenvalue weighted by molar-refractivity contribution is 6.07. The first-order valence-corrected chi connectivity index (χ1v) is 11.0. The number of aryl methyl sites for hydroxylation is 1. The van der Waals surface area contributed by atoms with E-state index in [9.17, 15) is 14.4 Å². The summed E-state index contributed by atoms with van der Waals surface area (Å²) in [5, 5.41) is 0. The first-order chi connectivity index (χ1) is 15.8. The molecule has 1 aromatic carbocycles. The number of ether oxygens (including phenoxy) is 1. The third-order valence-electron chi connectivity index (χ3n) is 5.63. The van der Waals surface area contributed by atoms with E-state index in [-0.39, 0.29) is 24.0 Å². The monoisotopic (exact) mass is 447 g/mol. The van der Waals surface area contributed by atoms with Crippen molar-refractivity contribution in [3.63, 3.8) is 0 Å². The predicted octanol–water partition coefficient (Wildman–Crippen LogP) is 4.16. The van der Waals surface area contributed by atoms with Gasteiger partial charge in [-0.3, -0.25) is 14.6 Å². The summed E-state index contributed by atoms with van der Waals surface area (Å²) in [5.74, 6) is -0.969. The summed E-state index contributed by atoms with van der Waals surface area (Å²) < 4.78 is 5.10. The minimum absolute atomic E-state index is 0.233. The summed E-state index contributed by atoms with van der Waals surface area (Å²) in [5.41, 5.74) is 3.12. The molecular formula is C26H29N3O4. The highest BCUT2D eigenvalue weighted by Gasteiger charge is 2.31. The van der Waals surface area contributed by atoms with Crippen molar-refractivity contribution in [3.05, 3.63) is 88.5 Å². The van der Waals surface area contributed by atoms with Gasteiger partial charge in [0.25, 0.3) is 5.91 Å². The van der Waals surface area contributed by atoms with Gasteiger partial charge in [-0.2, -0.15) is 0 Å². The number of nitrogens with zero attached hydrogens (tertiary/aromatic N) is 2. The highest BCUT2D eigenvalue weighted by Crippen LogP contribution is 2.23. The Kier molecular flexibility index (Phi) is 7.77. The third-order valence-corrected chi connectivity index (χ3v) is 5.63. The molecule has 0 aliphatic rings. The average molecular weight is 448 g/mol. The Labute approximate surface area is 193 Å². The van der Waals surface area contributed by atoms with E-state index in [0.717, 1.165) is 5.69 Å². The number of pyridine rings is 1. The molecule has 3 rings (SSSR count). The molecule has 0 saturated heterocycles. The molecule has 0 aliphatic heterocycles. The van der Waals surface area contributed by atoms with Crippen molar-refractivity contribution >= 4 is 17.7 Å². The number of Topliss-reactive ketones (excluding diaryl/α,β-unsaturated/α-hetero) is 1. The van der Waals surface area contributed by atoms with Crippen molar-refractivity contribution in [3.8, 4) is 0 Å². The van der Waals surface area contributed by atoms with E-state index in [2.05, 4.69) is 9.97 Å². The van der Waals surface area contributed by atoms with Crippen LogP contribution in [0.2, 0.25) is 0 Å². The Morgan fingerprint density at radius 1 is 1.06 bits per heavy atom. The topological polar surface area (TPSA) is 92.4 Å². The van der Waals surface area contributed by atoms with Crippen LogP contribution in [-0.4, -0.2) is 51.7 Å². The number of aromatic amines is 1. The second-order valence-electron chi connectivity index (χ2n) is 7.82. The van der Waals surface area contributed by atoms with Crippen LogP contribution in [0.15, 0.2) is 54.7 Å². The molecular weight excluding hydrogens is 418 g/mol. The van der Waals surface area contributed by atoms with Gasteiger partial charge in [0.15, 0.2) is 5.78 Å². The molecule has 2 aromatic heterocycles. The summed E-state index contributed by atoms with van der Waals surface area (Å²) in [7, 11) is 0. The molecule has 1 amide bonds. The van der Waals surface area contributed by atoms with Gasteiger partial charge in [0, 0.05) is 41.7 Å². The molecule has 0 spiro atoms. The van der Waals surface area contributed by atoms with Crippen molar-refractivity contribution in [2.24, 2.45) is 0 Å². The zero-order valence-corrected chi connectivity index (χ0v) is 19.4. The van der Waals surface area contributed by atoms with Gasteiger partial charge in [0.2, 0.25) is 0 Å². The number of carbonyl (C=O) groups is 3. The first kappa shape index (κ1) is 23.9. The van der Waals surface area contributed by atoms with Crippen LogP contribution in [0.5, 0.6) is 0 Å². The lowest BCUT2D eigenvalue weighted by molar-refractivity contribution is 0.0519. The van der Waals surface area contributed by atoms with Gasteiger partial charge in [-0.05, 0) is 57.5 Å². The number of amides is 1. The average Bonchev–Trinajstić information content (AvgIpc) is 3.13. The molecule has 33 heavy (non-hydrogen) atoms. The highest BCUT2D eigenvalue weighted by atomic mass is 16.5. The molecule has 1 atom stereocenters. The van der Waals surface area contributed by atoms with Crippen LogP contribution in [0.25, 0.3) is 0 Å². The van der Waals surface area contributed by atoms with E-state index in [0.29, 0.717) is 35.3 Å². The molecule has 1 unspecified atom stereocenters. The smallest absolute Gasteiger partial charge is 0.355 e. The molecule has 1 N–H and O–H groups in total. The molecule has 0 saturated carbocycles. The van der Waals surface area contributed by atoms with E-state index in [1.165, 1.54) is 0 Å². The van der Waals surface area contributed by atoms with Gasteiger partial charge in [-0.15, -0.1) is 0 Å². The van der Waals surface area contributed by atoms with Crippen molar-refractivity contribution in [2.45, 2.75) is 40.2 Å². The van der Waals surface area contributed by atoms with Crippen LogP contribution in [0.1, 0.15) is 62.0 Å². The van der Waals surface area contributed by atoms with E-state index >= 15 is 0 Å². The summed E-state index contributed by atoms with van der Waals surface area (Å²) in [6.07, 6.45) is 2.22. The molecule has 3 aromatic rings. The summed E-state index contributed by atoms with van der Waals surface area (Å²) in [4.78, 5) is 48.1. The number of hydrogen-bond donors (Lipinski definition) is 1. The molecule has 2 heterocycles. The number of carbonyl (C=O) groups excluding carboxylic acids is 3. The Morgan fingerprint density at radius 2 is 1.76 bits per heavy atom. The number of ketones is 1. The van der Waals surface area contributed by atoms with Gasteiger partial charge >= 0.3 is 5.97 Å². The van der Waals surface area contributed by atoms with Gasteiger partial charge < -0.3 is 14.6 Å². The molecule has 172 valence electrons. The lowest BCUT2D eigenvalue weighted by Crippen LogP contribution is -2.44. The van der Waals surface area contributed by atoms with E-state index in [1.807, 2.05) is 24.3 Å². The number of esters is 1. The number of benzene rings is 1. The quantitative estimate of drug-likeness (QED) is 0.393. The summed E-state index contributed by atoms with van der Waals surface area (Å²) in [6, 6.07) is 13.8. The van der Waals surface area contributed by atoms with Crippen LogP contribution >= 0.6 is 0 Å². The number of rotatable bonds is 9. The van der Waals surface area contributed by atoms with Crippen molar-refractivity contribution in [1.82, 2.24) is 14.9 Å². The van der Waals surface area contributed by atoms with Crippen LogP contribution in [-0.2, 0) is 11.2 Å². The van der Waals surface area contributed by atoms with E-state index in [4.69, 9.17) is 4.74 Å². The van der Waals surface area contributed by atoms with Gasteiger partial charge in [-0.25, -0.2) is 4.79 Å². The van der Waals surface area contributed by atoms with Crippen molar-refractivity contribution in [1.29, 1.82) is 0 Å². The number of nitrogens with one attached hydrogen (secondary N) is 1. The molecule has 0 radical (unpaired) electrons. The molecule has 7 nitrogen and oxygen atoms in total. The van der Waals surface area contributed by atoms with Gasteiger partial charge in [0.05, 0.1) is 12.6 Å². The van der Waals surface area contributed by atoms with Crippen LogP contribution < -0.4 is 0 Å². The Bertz CT molecular complexity index is 1120. The molecule has 0 bridgehead atoms. The van der Waals surface area contributed by atoms with Crippen molar-refractivity contribution in [2.75, 3.05) is 13.2 Å². The maximum Gasteiger partial charge on any atom is 0.355 e. The minimum atomic E-state index is -0.746. The minimum Gasteiger partial charge on any atom is -0.461 e. The maximum atomic E-state index is 13.6. The van der Waals surface area contributed by atoms with Gasteiger partial charge in [-0.1, -0.05) is 24.3 Å². The SMILES string of the molecule is CCOC(=O)c1[nH]c(C)c(C(=O)C(C)N(CCc2ccccn2)C(=O)c2ccccc2)c1C. The second kappa shape index (κ2) is 10.7. The number of H-pyrrole nitrogens is 1. The molecule has 0 fully saturated rings. The molecule has 7 heteroatoms. The number of hydrogen-bond acceptors (Lipinski definition) is 5. The van der Waals surface area contributed by atoms with Crippen LogP contribution in [0, 0.1) is 13.8 Å². The van der Waals surface area contributed by atoms with E-state index < -0.39 is 12.0 Å². The zero-order valence-electron chi connectivity index (χ0n) is 19.4. The van der Waals surface area contributed by atoms with Gasteiger partial charge in [0.1, 0.15) is 5.69 Å². The summed E-state index contributed by atoms with van der Waals surface area (Å²) in [6.45, 7) is 7.47. The largest absolute Gasteiger partial charge is 0.461 e. The van der Waals surface area contributed by atoms with Crippen LogP contribution in [0.4, 0.5) is 0 Å². The Hall–Kier alpha value is -3.74. The second-order valence-corrected chi connectivity index (χ2v) is 7.82. The normalized spacial score (nSPS) is 11.6. The predicted molar refractivity (Wildman–Crippen MR) is 125 cm³/mol. The fraction of sp³-hybridized carbons (Fsp3) is 0.308. The fourth-order valence-electron chi connectivity index (χ4n) is 3.88. The fourth-order valence-corrected chi connectivity index (χ4v) is 3.88. The molecule has 0 aliphatic carbocycles. The van der Waals surface area contributed by atoms with Crippen molar-refractivity contribution < 1.29 is 19.1 Å². The lowest BCUT2D eigenvalue weighted by atomic mass is 9.99. The zero-order chi connectivity index (χ0) is 24.0. The maximum absolute atomic E-state index is 13.6. The first-order valence-electron chi connectivity index (χ1n) is 11.0. The summed E-state index contributed by atoms with van der Waals surface area (Å²) >= 11 is 0.